The summed E-state index contributed by atoms with van der Waals surface area (Å²) in [6, 6.07) is 4.22. The minimum Gasteiger partial charge on any atom is -0.374 e. The predicted octanol–water partition coefficient (Wildman–Crippen LogP) is 1.19. The van der Waals surface area contributed by atoms with E-state index in [0.29, 0.717) is 0 Å². The SMILES string of the molecule is Cc1ccc2nc(CN3CCOC(C(C)N)C3)cn2c1. The molecule has 1 aliphatic rings. The highest BCUT2D eigenvalue weighted by molar-refractivity contribution is 5.41. The molecule has 3 rings (SSSR count). The highest BCUT2D eigenvalue weighted by Gasteiger charge is 2.23. The molecule has 2 unspecified atom stereocenters. The maximum absolute atomic E-state index is 5.93. The second-order valence-corrected chi connectivity index (χ2v) is 5.71. The second kappa shape index (κ2) is 5.52. The fourth-order valence-electron chi connectivity index (χ4n) is 2.65. The van der Waals surface area contributed by atoms with Crippen molar-refractivity contribution in [3.05, 3.63) is 35.8 Å². The van der Waals surface area contributed by atoms with Crippen LogP contribution >= 0.6 is 0 Å². The number of morpholine rings is 1. The Kier molecular flexibility index (Phi) is 3.74. The van der Waals surface area contributed by atoms with Crippen molar-refractivity contribution in [2.45, 2.75) is 32.5 Å². The number of aryl methyl sites for hydroxylation is 1. The van der Waals surface area contributed by atoms with Gasteiger partial charge >= 0.3 is 0 Å². The molecule has 0 bridgehead atoms. The van der Waals surface area contributed by atoms with Crippen molar-refractivity contribution in [1.29, 1.82) is 0 Å². The lowest BCUT2D eigenvalue weighted by Crippen LogP contribution is -2.49. The van der Waals surface area contributed by atoms with Crippen LogP contribution in [0.5, 0.6) is 0 Å². The smallest absolute Gasteiger partial charge is 0.137 e. The van der Waals surface area contributed by atoms with E-state index >= 15 is 0 Å². The molecule has 0 amide bonds. The van der Waals surface area contributed by atoms with Crippen LogP contribution in [0.1, 0.15) is 18.2 Å². The number of aromatic nitrogens is 2. The molecule has 0 radical (unpaired) electrons. The van der Waals surface area contributed by atoms with Crippen LogP contribution in [0.25, 0.3) is 5.65 Å². The fraction of sp³-hybridized carbons (Fsp3) is 0.533. The Morgan fingerprint density at radius 3 is 3.10 bits per heavy atom. The molecule has 0 aromatic carbocycles. The molecule has 1 fully saturated rings. The Morgan fingerprint density at radius 1 is 1.45 bits per heavy atom. The van der Waals surface area contributed by atoms with Gasteiger partial charge in [0.25, 0.3) is 0 Å². The standard InChI is InChI=1S/C15H22N4O/c1-11-3-4-15-17-13(9-19(15)7-11)8-18-5-6-20-14(10-18)12(2)16/h3-4,7,9,12,14H,5-6,8,10,16H2,1-2H3. The lowest BCUT2D eigenvalue weighted by Gasteiger charge is -2.34. The number of imidazole rings is 1. The van der Waals surface area contributed by atoms with Gasteiger partial charge in [-0.1, -0.05) is 6.07 Å². The monoisotopic (exact) mass is 274 g/mol. The first kappa shape index (κ1) is 13.5. The van der Waals surface area contributed by atoms with Gasteiger partial charge in [-0.05, 0) is 25.5 Å². The predicted molar refractivity (Wildman–Crippen MR) is 78.6 cm³/mol. The minimum absolute atomic E-state index is 0.0709. The zero-order valence-corrected chi connectivity index (χ0v) is 12.1. The third-order valence-corrected chi connectivity index (χ3v) is 3.80. The van der Waals surface area contributed by atoms with E-state index in [1.807, 2.05) is 6.92 Å². The van der Waals surface area contributed by atoms with Crippen LogP contribution < -0.4 is 5.73 Å². The lowest BCUT2D eigenvalue weighted by molar-refractivity contribution is -0.0406. The van der Waals surface area contributed by atoms with Gasteiger partial charge in [-0.25, -0.2) is 4.98 Å². The van der Waals surface area contributed by atoms with Gasteiger partial charge in [-0.2, -0.15) is 0 Å². The normalized spacial score (nSPS) is 22.2. The molecule has 2 aromatic rings. The van der Waals surface area contributed by atoms with E-state index in [1.54, 1.807) is 0 Å². The van der Waals surface area contributed by atoms with Gasteiger partial charge in [0.05, 0.1) is 18.4 Å². The summed E-state index contributed by atoms with van der Waals surface area (Å²) in [6.07, 6.45) is 4.34. The molecule has 2 N–H and O–H groups in total. The maximum atomic E-state index is 5.93. The molecule has 0 spiro atoms. The van der Waals surface area contributed by atoms with Crippen molar-refractivity contribution in [2.75, 3.05) is 19.7 Å². The van der Waals surface area contributed by atoms with E-state index in [2.05, 4.69) is 45.7 Å². The topological polar surface area (TPSA) is 55.8 Å². The molecule has 2 aromatic heterocycles. The first-order valence-corrected chi connectivity index (χ1v) is 7.15. The molecule has 1 aliphatic heterocycles. The zero-order chi connectivity index (χ0) is 14.1. The molecule has 5 nitrogen and oxygen atoms in total. The van der Waals surface area contributed by atoms with Crippen LogP contribution in [-0.2, 0) is 11.3 Å². The molecule has 1 saturated heterocycles. The van der Waals surface area contributed by atoms with Crippen molar-refractivity contribution < 1.29 is 4.74 Å². The lowest BCUT2D eigenvalue weighted by atomic mass is 10.1. The van der Waals surface area contributed by atoms with Crippen LogP contribution in [-0.4, -0.2) is 46.1 Å². The number of ether oxygens (including phenoxy) is 1. The van der Waals surface area contributed by atoms with Crippen LogP contribution in [0.3, 0.4) is 0 Å². The zero-order valence-electron chi connectivity index (χ0n) is 12.1. The first-order chi connectivity index (χ1) is 9.61. The van der Waals surface area contributed by atoms with Gasteiger partial charge in [0.1, 0.15) is 5.65 Å². The molecular weight excluding hydrogens is 252 g/mol. The van der Waals surface area contributed by atoms with E-state index in [1.165, 1.54) is 5.56 Å². The molecule has 108 valence electrons. The highest BCUT2D eigenvalue weighted by atomic mass is 16.5. The van der Waals surface area contributed by atoms with Gasteiger partial charge in [0.15, 0.2) is 0 Å². The van der Waals surface area contributed by atoms with Crippen molar-refractivity contribution in [3.8, 4) is 0 Å². The van der Waals surface area contributed by atoms with E-state index < -0.39 is 0 Å². The summed E-state index contributed by atoms with van der Waals surface area (Å²) in [5.74, 6) is 0. The number of hydrogen-bond donors (Lipinski definition) is 1. The van der Waals surface area contributed by atoms with Crippen LogP contribution in [0.4, 0.5) is 0 Å². The Bertz CT molecular complexity index is 593. The first-order valence-electron chi connectivity index (χ1n) is 7.15. The molecule has 3 heterocycles. The van der Waals surface area contributed by atoms with Gasteiger partial charge in [-0.15, -0.1) is 0 Å². The Hall–Kier alpha value is -1.43. The number of fused-ring (bicyclic) bond motifs is 1. The van der Waals surface area contributed by atoms with E-state index in [-0.39, 0.29) is 12.1 Å². The summed E-state index contributed by atoms with van der Waals surface area (Å²) in [7, 11) is 0. The van der Waals surface area contributed by atoms with E-state index in [4.69, 9.17) is 10.5 Å². The summed E-state index contributed by atoms with van der Waals surface area (Å²) in [5.41, 5.74) is 9.27. The summed E-state index contributed by atoms with van der Waals surface area (Å²) in [4.78, 5) is 7.03. The average Bonchev–Trinajstić information content (AvgIpc) is 2.80. The third-order valence-electron chi connectivity index (χ3n) is 3.80. The summed E-state index contributed by atoms with van der Waals surface area (Å²) < 4.78 is 7.78. The van der Waals surface area contributed by atoms with Crippen LogP contribution in [0.15, 0.2) is 24.5 Å². The van der Waals surface area contributed by atoms with Gasteiger partial charge < -0.3 is 14.9 Å². The molecular formula is C15H22N4O. The fourth-order valence-corrected chi connectivity index (χ4v) is 2.65. The largest absolute Gasteiger partial charge is 0.374 e. The van der Waals surface area contributed by atoms with Crippen molar-refractivity contribution in [1.82, 2.24) is 14.3 Å². The van der Waals surface area contributed by atoms with E-state index in [9.17, 15) is 0 Å². The number of nitrogens with two attached hydrogens (primary N) is 1. The molecule has 0 saturated carbocycles. The molecule has 0 aliphatic carbocycles. The summed E-state index contributed by atoms with van der Waals surface area (Å²) in [6.45, 7) is 7.52. The second-order valence-electron chi connectivity index (χ2n) is 5.71. The van der Waals surface area contributed by atoms with Gasteiger partial charge in [0, 0.05) is 38.1 Å². The molecule has 20 heavy (non-hydrogen) atoms. The van der Waals surface area contributed by atoms with Crippen molar-refractivity contribution in [3.63, 3.8) is 0 Å². The Balaban J connectivity index is 1.72. The number of nitrogens with zero attached hydrogens (tertiary/aromatic N) is 3. The van der Waals surface area contributed by atoms with E-state index in [0.717, 1.165) is 37.6 Å². The van der Waals surface area contributed by atoms with Gasteiger partial charge in [-0.3, -0.25) is 4.90 Å². The molecule has 2 atom stereocenters. The van der Waals surface area contributed by atoms with Gasteiger partial charge in [0.2, 0.25) is 0 Å². The van der Waals surface area contributed by atoms with Crippen LogP contribution in [0, 0.1) is 6.92 Å². The minimum atomic E-state index is 0.0709. The highest BCUT2D eigenvalue weighted by Crippen LogP contribution is 2.13. The number of hydrogen-bond acceptors (Lipinski definition) is 4. The quantitative estimate of drug-likeness (QED) is 0.913. The third kappa shape index (κ3) is 2.85. The number of rotatable bonds is 3. The Morgan fingerprint density at radius 2 is 2.30 bits per heavy atom. The van der Waals surface area contributed by atoms with Crippen molar-refractivity contribution in [2.24, 2.45) is 5.73 Å². The summed E-state index contributed by atoms with van der Waals surface area (Å²) in [5, 5.41) is 0. The van der Waals surface area contributed by atoms with Crippen molar-refractivity contribution >= 4 is 5.65 Å². The Labute approximate surface area is 119 Å². The molecule has 5 heteroatoms. The number of pyridine rings is 1. The van der Waals surface area contributed by atoms with Crippen LogP contribution in [0.2, 0.25) is 0 Å². The summed E-state index contributed by atoms with van der Waals surface area (Å²) >= 11 is 0. The maximum Gasteiger partial charge on any atom is 0.137 e. The average molecular weight is 274 g/mol.